The SMILES string of the molecule is CCOC(=O)C1(Nc2ccc(Cl)cc2)CCCN(C)CC1. The molecular formula is C16H23ClN2O2. The van der Waals surface area contributed by atoms with Crippen molar-refractivity contribution in [1.29, 1.82) is 0 Å². The zero-order chi connectivity index (χ0) is 15.3. The third-order valence-corrected chi connectivity index (χ3v) is 4.21. The number of nitrogens with one attached hydrogen (secondary N) is 1. The van der Waals surface area contributed by atoms with Crippen LogP contribution in [0.25, 0.3) is 0 Å². The molecule has 0 amide bonds. The van der Waals surface area contributed by atoms with E-state index in [9.17, 15) is 4.79 Å². The molecule has 1 aliphatic rings. The van der Waals surface area contributed by atoms with E-state index in [1.54, 1.807) is 0 Å². The molecule has 0 saturated carbocycles. The maximum Gasteiger partial charge on any atom is 0.331 e. The van der Waals surface area contributed by atoms with Crippen LogP contribution in [0.3, 0.4) is 0 Å². The summed E-state index contributed by atoms with van der Waals surface area (Å²) in [6.45, 7) is 4.12. The molecule has 116 valence electrons. The van der Waals surface area contributed by atoms with E-state index in [1.165, 1.54) is 0 Å². The number of esters is 1. The Labute approximate surface area is 131 Å². The molecule has 0 bridgehead atoms. The third-order valence-electron chi connectivity index (χ3n) is 3.96. The van der Waals surface area contributed by atoms with Crippen LogP contribution in [0.5, 0.6) is 0 Å². The number of hydrogen-bond donors (Lipinski definition) is 1. The molecule has 0 radical (unpaired) electrons. The molecule has 1 heterocycles. The van der Waals surface area contributed by atoms with E-state index >= 15 is 0 Å². The van der Waals surface area contributed by atoms with Gasteiger partial charge in [0.25, 0.3) is 0 Å². The lowest BCUT2D eigenvalue weighted by Gasteiger charge is -2.32. The van der Waals surface area contributed by atoms with Crippen molar-refractivity contribution in [3.05, 3.63) is 29.3 Å². The topological polar surface area (TPSA) is 41.6 Å². The number of likely N-dealkylation sites (tertiary alicyclic amines) is 1. The molecule has 0 aromatic heterocycles. The van der Waals surface area contributed by atoms with Crippen molar-refractivity contribution in [1.82, 2.24) is 4.90 Å². The second kappa shape index (κ2) is 7.14. The maximum atomic E-state index is 12.5. The van der Waals surface area contributed by atoms with Crippen molar-refractivity contribution in [3.8, 4) is 0 Å². The molecular weight excluding hydrogens is 288 g/mol. The Morgan fingerprint density at radius 2 is 2.05 bits per heavy atom. The van der Waals surface area contributed by atoms with E-state index < -0.39 is 5.54 Å². The fraction of sp³-hybridized carbons (Fsp3) is 0.562. The maximum absolute atomic E-state index is 12.5. The van der Waals surface area contributed by atoms with Crippen molar-refractivity contribution in [2.45, 2.75) is 31.7 Å². The van der Waals surface area contributed by atoms with Crippen LogP contribution < -0.4 is 5.32 Å². The van der Waals surface area contributed by atoms with Gasteiger partial charge in [0, 0.05) is 17.3 Å². The minimum absolute atomic E-state index is 0.157. The number of anilines is 1. The highest BCUT2D eigenvalue weighted by atomic mass is 35.5. The number of carbonyl (C=O) groups excluding carboxylic acids is 1. The molecule has 1 aromatic rings. The van der Waals surface area contributed by atoms with Gasteiger partial charge in [0.05, 0.1) is 6.61 Å². The van der Waals surface area contributed by atoms with Crippen molar-refractivity contribution in [2.24, 2.45) is 0 Å². The first-order valence-electron chi connectivity index (χ1n) is 7.45. The standard InChI is InChI=1S/C16H23ClN2O2/c1-3-21-15(20)16(9-4-11-19(2)12-10-16)18-14-7-5-13(17)6-8-14/h5-8,18H,3-4,9-12H2,1-2H3. The number of benzene rings is 1. The second-order valence-electron chi connectivity index (χ2n) is 5.59. The van der Waals surface area contributed by atoms with E-state index in [2.05, 4.69) is 17.3 Å². The summed E-state index contributed by atoms with van der Waals surface area (Å²) in [6.07, 6.45) is 2.49. The third kappa shape index (κ3) is 4.11. The normalized spacial score (nSPS) is 23.4. The van der Waals surface area contributed by atoms with Gasteiger partial charge >= 0.3 is 5.97 Å². The van der Waals surface area contributed by atoms with E-state index in [4.69, 9.17) is 16.3 Å². The average Bonchev–Trinajstić information content (AvgIpc) is 2.65. The van der Waals surface area contributed by atoms with Gasteiger partial charge in [-0.25, -0.2) is 4.79 Å². The number of halogens is 1. The van der Waals surface area contributed by atoms with Gasteiger partial charge in [-0.05, 0) is 64.0 Å². The predicted octanol–water partition coefficient (Wildman–Crippen LogP) is 3.17. The van der Waals surface area contributed by atoms with Crippen LogP contribution in [0.2, 0.25) is 5.02 Å². The first-order valence-corrected chi connectivity index (χ1v) is 7.83. The van der Waals surface area contributed by atoms with Crippen molar-refractivity contribution in [3.63, 3.8) is 0 Å². The van der Waals surface area contributed by atoms with Crippen molar-refractivity contribution >= 4 is 23.3 Å². The van der Waals surface area contributed by atoms with Crippen LogP contribution in [-0.2, 0) is 9.53 Å². The Kier molecular flexibility index (Phi) is 5.48. The minimum Gasteiger partial charge on any atom is -0.464 e. The lowest BCUT2D eigenvalue weighted by atomic mass is 9.90. The smallest absolute Gasteiger partial charge is 0.331 e. The Morgan fingerprint density at radius 3 is 2.71 bits per heavy atom. The zero-order valence-corrected chi connectivity index (χ0v) is 13.4. The highest BCUT2D eigenvalue weighted by molar-refractivity contribution is 6.30. The monoisotopic (exact) mass is 310 g/mol. The molecule has 1 saturated heterocycles. The number of hydrogen-bond acceptors (Lipinski definition) is 4. The zero-order valence-electron chi connectivity index (χ0n) is 12.7. The molecule has 0 spiro atoms. The van der Waals surface area contributed by atoms with Crippen LogP contribution in [0.15, 0.2) is 24.3 Å². The number of ether oxygens (including phenoxy) is 1. The molecule has 1 aliphatic heterocycles. The first kappa shape index (κ1) is 16.1. The highest BCUT2D eigenvalue weighted by Gasteiger charge is 2.40. The number of carbonyl (C=O) groups is 1. The fourth-order valence-electron chi connectivity index (χ4n) is 2.73. The predicted molar refractivity (Wildman–Crippen MR) is 85.8 cm³/mol. The van der Waals surface area contributed by atoms with Gasteiger partial charge in [-0.1, -0.05) is 11.6 Å². The molecule has 0 aliphatic carbocycles. The molecule has 1 aromatic carbocycles. The second-order valence-corrected chi connectivity index (χ2v) is 6.03. The summed E-state index contributed by atoms with van der Waals surface area (Å²) in [5, 5.41) is 4.09. The summed E-state index contributed by atoms with van der Waals surface area (Å²) in [6, 6.07) is 7.45. The van der Waals surface area contributed by atoms with Crippen LogP contribution in [-0.4, -0.2) is 43.2 Å². The number of rotatable bonds is 4. The molecule has 21 heavy (non-hydrogen) atoms. The summed E-state index contributed by atoms with van der Waals surface area (Å²) >= 11 is 5.92. The summed E-state index contributed by atoms with van der Waals surface area (Å²) in [5.41, 5.74) is 0.256. The highest BCUT2D eigenvalue weighted by Crippen LogP contribution is 2.29. The molecule has 4 nitrogen and oxygen atoms in total. The van der Waals surface area contributed by atoms with Crippen LogP contribution in [0.1, 0.15) is 26.2 Å². The van der Waals surface area contributed by atoms with Gasteiger partial charge in [-0.15, -0.1) is 0 Å². The van der Waals surface area contributed by atoms with Crippen molar-refractivity contribution in [2.75, 3.05) is 32.1 Å². The van der Waals surface area contributed by atoms with Crippen LogP contribution in [0, 0.1) is 0 Å². The Morgan fingerprint density at radius 1 is 1.33 bits per heavy atom. The van der Waals surface area contributed by atoms with Gasteiger partial charge in [0.2, 0.25) is 0 Å². The molecule has 1 fully saturated rings. The quantitative estimate of drug-likeness (QED) is 0.867. The summed E-state index contributed by atoms with van der Waals surface area (Å²) in [4.78, 5) is 14.8. The largest absolute Gasteiger partial charge is 0.464 e. The molecule has 1 unspecified atom stereocenters. The summed E-state index contributed by atoms with van der Waals surface area (Å²) < 4.78 is 5.33. The summed E-state index contributed by atoms with van der Waals surface area (Å²) in [7, 11) is 2.09. The van der Waals surface area contributed by atoms with Crippen LogP contribution >= 0.6 is 11.6 Å². The van der Waals surface area contributed by atoms with Gasteiger partial charge in [-0.2, -0.15) is 0 Å². The van der Waals surface area contributed by atoms with Gasteiger partial charge in [-0.3, -0.25) is 0 Å². The Balaban J connectivity index is 2.22. The molecule has 5 heteroatoms. The van der Waals surface area contributed by atoms with Crippen LogP contribution in [0.4, 0.5) is 5.69 Å². The average molecular weight is 311 g/mol. The number of nitrogens with zero attached hydrogens (tertiary/aromatic N) is 1. The van der Waals surface area contributed by atoms with Crippen molar-refractivity contribution < 1.29 is 9.53 Å². The Hall–Kier alpha value is -1.26. The van der Waals surface area contributed by atoms with Gasteiger partial charge in [0.1, 0.15) is 5.54 Å². The first-order chi connectivity index (χ1) is 10.1. The van der Waals surface area contributed by atoms with Gasteiger partial charge < -0.3 is 15.0 Å². The van der Waals surface area contributed by atoms with E-state index in [0.717, 1.165) is 38.0 Å². The molecule has 1 atom stereocenters. The lowest BCUT2D eigenvalue weighted by Crippen LogP contribution is -2.48. The molecule has 2 rings (SSSR count). The van der Waals surface area contributed by atoms with E-state index in [1.807, 2.05) is 31.2 Å². The summed E-state index contributed by atoms with van der Waals surface area (Å²) in [5.74, 6) is -0.157. The Bertz CT molecular complexity index is 478. The van der Waals surface area contributed by atoms with E-state index in [-0.39, 0.29) is 5.97 Å². The van der Waals surface area contributed by atoms with Gasteiger partial charge in [0.15, 0.2) is 0 Å². The fourth-order valence-corrected chi connectivity index (χ4v) is 2.85. The lowest BCUT2D eigenvalue weighted by molar-refractivity contribution is -0.149. The van der Waals surface area contributed by atoms with E-state index in [0.29, 0.717) is 11.6 Å². The molecule has 1 N–H and O–H groups in total. The minimum atomic E-state index is -0.644.